The Bertz CT molecular complexity index is 490. The van der Waals surface area contributed by atoms with E-state index < -0.39 is 0 Å². The summed E-state index contributed by atoms with van der Waals surface area (Å²) in [6.45, 7) is 2.51. The number of pyridine rings is 1. The van der Waals surface area contributed by atoms with Crippen molar-refractivity contribution in [3.8, 4) is 0 Å². The highest BCUT2D eigenvalue weighted by molar-refractivity contribution is 5.66. The monoisotopic (exact) mass is 279 g/mol. The lowest BCUT2D eigenvalue weighted by Crippen LogP contribution is -2.52. The molecule has 2 aliphatic rings. The maximum Gasteiger partial charge on any atom is 0.262 e. The van der Waals surface area contributed by atoms with Crippen LogP contribution in [0.1, 0.15) is 25.7 Å². The lowest BCUT2D eigenvalue weighted by atomic mass is 10.2. The zero-order valence-electron chi connectivity index (χ0n) is 11.7. The van der Waals surface area contributed by atoms with Gasteiger partial charge in [0.2, 0.25) is 0 Å². The molecule has 110 valence electrons. The Kier molecular flexibility index (Phi) is 3.54. The molecule has 0 aromatic carbocycles. The highest BCUT2D eigenvalue weighted by atomic mass is 16.6. The highest BCUT2D eigenvalue weighted by Crippen LogP contribution is 2.34. The molecule has 3 rings (SSSR count). The normalized spacial score (nSPS) is 30.1. The van der Waals surface area contributed by atoms with Crippen molar-refractivity contribution in [1.82, 2.24) is 9.63 Å². The Morgan fingerprint density at radius 3 is 2.75 bits per heavy atom. The minimum atomic E-state index is -0.266. The number of hydroxylamine groups is 2. The van der Waals surface area contributed by atoms with Gasteiger partial charge >= 0.3 is 0 Å². The van der Waals surface area contributed by atoms with Gasteiger partial charge in [0.05, 0.1) is 12.3 Å². The van der Waals surface area contributed by atoms with E-state index in [0.29, 0.717) is 18.1 Å². The average molecular weight is 279 g/mol. The van der Waals surface area contributed by atoms with Crippen molar-refractivity contribution in [2.75, 3.05) is 36.9 Å². The molecule has 3 heterocycles. The van der Waals surface area contributed by atoms with Crippen LogP contribution < -0.4 is 15.3 Å². The van der Waals surface area contributed by atoms with Crippen LogP contribution in [-0.2, 0) is 0 Å². The molecule has 20 heavy (non-hydrogen) atoms. The second-order valence-electron chi connectivity index (χ2n) is 5.81. The summed E-state index contributed by atoms with van der Waals surface area (Å²) in [7, 11) is 0. The van der Waals surface area contributed by atoms with E-state index in [9.17, 15) is 10.3 Å². The molecule has 2 saturated heterocycles. The highest BCUT2D eigenvalue weighted by Gasteiger charge is 2.44. The third-order valence-electron chi connectivity index (χ3n) is 4.54. The van der Waals surface area contributed by atoms with Crippen molar-refractivity contribution in [1.29, 1.82) is 0 Å². The van der Waals surface area contributed by atoms with Crippen molar-refractivity contribution in [2.24, 2.45) is 0 Å². The zero-order valence-corrected chi connectivity index (χ0v) is 11.7. The predicted octanol–water partition coefficient (Wildman–Crippen LogP) is 1.12. The van der Waals surface area contributed by atoms with Gasteiger partial charge in [-0.3, -0.25) is 0 Å². The first kappa shape index (κ1) is 13.6. The molecule has 0 radical (unpaired) electrons. The number of quaternary nitrogens is 1. The fourth-order valence-corrected chi connectivity index (χ4v) is 3.34. The maximum atomic E-state index is 10.8. The number of nitrogens with zero attached hydrogens (tertiary/aromatic N) is 3. The molecule has 1 aromatic heterocycles. The molecule has 0 aliphatic carbocycles. The fraction of sp³-hybridized carbons (Fsp3) is 0.643. The molecule has 2 atom stereocenters. The summed E-state index contributed by atoms with van der Waals surface area (Å²) in [6.07, 6.45) is 4.03. The number of nitrogen functional groups attached to an aromatic ring is 1. The Morgan fingerprint density at radius 2 is 2.05 bits per heavy atom. The first-order valence-corrected chi connectivity index (χ1v) is 7.38. The van der Waals surface area contributed by atoms with Gasteiger partial charge in [-0.1, -0.05) is 0 Å². The van der Waals surface area contributed by atoms with Gasteiger partial charge in [-0.05, 0) is 18.9 Å². The summed E-state index contributed by atoms with van der Waals surface area (Å²) in [5, 5.41) is 20.3. The van der Waals surface area contributed by atoms with Gasteiger partial charge in [0.15, 0.2) is 5.82 Å². The van der Waals surface area contributed by atoms with E-state index in [4.69, 9.17) is 5.73 Å². The summed E-state index contributed by atoms with van der Waals surface area (Å²) in [5.74, 6) is 1.37. The van der Waals surface area contributed by atoms with Crippen LogP contribution in [0.3, 0.4) is 0 Å². The number of anilines is 2. The molecule has 1 aromatic rings. The van der Waals surface area contributed by atoms with E-state index in [1.165, 1.54) is 0 Å². The minimum Gasteiger partial charge on any atom is -0.396 e. The number of aromatic nitrogens is 1. The van der Waals surface area contributed by atoms with Crippen LogP contribution in [0.5, 0.6) is 0 Å². The van der Waals surface area contributed by atoms with Gasteiger partial charge in [0.1, 0.15) is 12.6 Å². The first-order valence-electron chi connectivity index (χ1n) is 7.38. The molecule has 2 aliphatic heterocycles. The van der Waals surface area contributed by atoms with E-state index in [1.54, 1.807) is 6.07 Å². The van der Waals surface area contributed by atoms with E-state index in [-0.39, 0.29) is 17.3 Å². The van der Waals surface area contributed by atoms with Crippen LogP contribution in [0.4, 0.5) is 17.3 Å². The summed E-state index contributed by atoms with van der Waals surface area (Å²) < 4.78 is -0.266. The van der Waals surface area contributed by atoms with Crippen LogP contribution >= 0.6 is 0 Å². The molecule has 6 nitrogen and oxygen atoms in total. The van der Waals surface area contributed by atoms with Crippen LogP contribution in [0.15, 0.2) is 12.1 Å². The fourth-order valence-electron chi connectivity index (χ4n) is 3.34. The van der Waals surface area contributed by atoms with E-state index in [0.717, 1.165) is 44.6 Å². The maximum absolute atomic E-state index is 10.8. The van der Waals surface area contributed by atoms with Crippen LogP contribution in [0.2, 0.25) is 0 Å². The molecule has 4 N–H and O–H groups in total. The third-order valence-corrected chi connectivity index (χ3v) is 4.54. The Morgan fingerprint density at radius 1 is 1.30 bits per heavy atom. The third kappa shape index (κ3) is 2.13. The molecule has 0 amide bonds. The largest absolute Gasteiger partial charge is 0.396 e. The molecular formula is C14H23N4O2+. The lowest BCUT2D eigenvalue weighted by Gasteiger charge is -2.30. The van der Waals surface area contributed by atoms with Gasteiger partial charge in [-0.25, -0.2) is 5.21 Å². The van der Waals surface area contributed by atoms with Crippen molar-refractivity contribution in [2.45, 2.75) is 31.7 Å². The Balaban J connectivity index is 1.96. The average Bonchev–Trinajstić information content (AvgIpc) is 3.09. The van der Waals surface area contributed by atoms with Crippen molar-refractivity contribution in [3.63, 3.8) is 0 Å². The van der Waals surface area contributed by atoms with Gasteiger partial charge in [-0.2, -0.15) is 4.98 Å². The van der Waals surface area contributed by atoms with Gasteiger partial charge in [0, 0.05) is 32.0 Å². The van der Waals surface area contributed by atoms with Crippen molar-refractivity contribution >= 4 is 17.3 Å². The van der Waals surface area contributed by atoms with Crippen molar-refractivity contribution < 1.29 is 10.3 Å². The summed E-state index contributed by atoms with van der Waals surface area (Å²) in [4.78, 5) is 6.79. The molecule has 2 unspecified atom stereocenters. The number of aliphatic hydroxyl groups excluding tert-OH is 1. The molecule has 0 saturated carbocycles. The zero-order chi connectivity index (χ0) is 14.2. The second kappa shape index (κ2) is 5.20. The number of hydrogen-bond acceptors (Lipinski definition) is 5. The van der Waals surface area contributed by atoms with E-state index >= 15 is 0 Å². The molecular weight excluding hydrogens is 256 g/mol. The summed E-state index contributed by atoms with van der Waals surface area (Å²) >= 11 is 0. The number of rotatable bonds is 3. The lowest BCUT2D eigenvalue weighted by molar-refractivity contribution is -0.105. The SMILES string of the molecule is Nc1ccc([N+]2(O)CCCC2CO)nc1N1CCCC1. The predicted molar refractivity (Wildman–Crippen MR) is 78.7 cm³/mol. The smallest absolute Gasteiger partial charge is 0.262 e. The number of hydrogen-bond donors (Lipinski definition) is 3. The van der Waals surface area contributed by atoms with Gasteiger partial charge < -0.3 is 15.7 Å². The van der Waals surface area contributed by atoms with E-state index in [2.05, 4.69) is 9.88 Å². The first-order chi connectivity index (χ1) is 9.65. The Hall–Kier alpha value is -1.37. The molecule has 2 fully saturated rings. The Labute approximate surface area is 119 Å². The van der Waals surface area contributed by atoms with Crippen LogP contribution in [0.25, 0.3) is 0 Å². The number of aliphatic hydroxyl groups is 1. The molecule has 6 heteroatoms. The van der Waals surface area contributed by atoms with Crippen LogP contribution in [-0.4, -0.2) is 47.6 Å². The van der Waals surface area contributed by atoms with Gasteiger partial charge in [0.25, 0.3) is 5.82 Å². The second-order valence-corrected chi connectivity index (χ2v) is 5.81. The van der Waals surface area contributed by atoms with Crippen LogP contribution in [0, 0.1) is 0 Å². The van der Waals surface area contributed by atoms with Crippen molar-refractivity contribution in [3.05, 3.63) is 12.1 Å². The number of nitrogens with two attached hydrogens (primary N) is 1. The quantitative estimate of drug-likeness (QED) is 0.722. The summed E-state index contributed by atoms with van der Waals surface area (Å²) in [6, 6.07) is 3.42. The molecule has 0 bridgehead atoms. The standard InChI is InChI=1S/C14H23N4O2/c15-12-5-6-13(16-14(12)17-7-1-2-8-17)18(20)9-3-4-11(18)10-19/h5-6,11,19-20H,1-4,7-10,15H2/q+1. The van der Waals surface area contributed by atoms with E-state index in [1.807, 2.05) is 6.07 Å². The molecule has 0 spiro atoms. The minimum absolute atomic E-state index is 0.0262. The topological polar surface area (TPSA) is 82.6 Å². The van der Waals surface area contributed by atoms with Gasteiger partial charge in [-0.15, -0.1) is 4.65 Å². The summed E-state index contributed by atoms with van der Waals surface area (Å²) in [5.41, 5.74) is 6.69.